The third-order valence-corrected chi connectivity index (χ3v) is 6.50. The number of nitrogens with zero attached hydrogens (tertiary/aromatic N) is 1. The largest absolute Gasteiger partial charge is 0.336 e. The molecule has 0 radical (unpaired) electrons. The van der Waals surface area contributed by atoms with Gasteiger partial charge in [0, 0.05) is 12.6 Å². The van der Waals surface area contributed by atoms with Gasteiger partial charge in [0.25, 0.3) is 0 Å². The molecule has 0 aromatic rings. The van der Waals surface area contributed by atoms with Gasteiger partial charge in [-0.1, -0.05) is 6.58 Å². The molecule has 1 aliphatic heterocycles. The summed E-state index contributed by atoms with van der Waals surface area (Å²) in [4.78, 5) is 14.3. The van der Waals surface area contributed by atoms with Crippen LogP contribution in [0.5, 0.6) is 0 Å². The van der Waals surface area contributed by atoms with Crippen molar-refractivity contribution >= 4 is 5.91 Å². The van der Waals surface area contributed by atoms with Crippen molar-refractivity contribution in [2.45, 2.75) is 57.4 Å². The average molecular weight is 259 g/mol. The summed E-state index contributed by atoms with van der Waals surface area (Å²) in [5.74, 6) is 3.12. The zero-order valence-corrected chi connectivity index (χ0v) is 11.8. The van der Waals surface area contributed by atoms with E-state index < -0.39 is 0 Å². The van der Waals surface area contributed by atoms with E-state index in [1.807, 2.05) is 0 Å². The number of hydrogen-bond acceptors (Lipinski definition) is 1. The first kappa shape index (κ1) is 12.0. The predicted octanol–water partition coefficient (Wildman–Crippen LogP) is 3.38. The van der Waals surface area contributed by atoms with Crippen molar-refractivity contribution in [3.8, 4) is 0 Å². The van der Waals surface area contributed by atoms with Gasteiger partial charge in [0.15, 0.2) is 0 Å². The Balaban J connectivity index is 1.64. The quantitative estimate of drug-likeness (QED) is 0.696. The Bertz CT molecular complexity index is 378. The molecule has 2 nitrogen and oxygen atoms in total. The summed E-state index contributed by atoms with van der Waals surface area (Å²) >= 11 is 0. The van der Waals surface area contributed by atoms with Crippen molar-refractivity contribution in [1.29, 1.82) is 0 Å². The van der Waals surface area contributed by atoms with Crippen LogP contribution in [-0.2, 0) is 4.79 Å². The Morgan fingerprint density at radius 2 is 1.68 bits per heavy atom. The van der Waals surface area contributed by atoms with Gasteiger partial charge in [0.2, 0.25) is 5.91 Å². The molecule has 0 spiro atoms. The van der Waals surface area contributed by atoms with Crippen LogP contribution in [0.1, 0.15) is 51.4 Å². The Morgan fingerprint density at radius 3 is 2.21 bits per heavy atom. The van der Waals surface area contributed by atoms with Crippen LogP contribution < -0.4 is 0 Å². The number of carbonyl (C=O) groups is 1. The number of carbonyl (C=O) groups excluding carboxylic acids is 1. The minimum Gasteiger partial charge on any atom is -0.336 e. The lowest BCUT2D eigenvalue weighted by Gasteiger charge is -2.60. The molecule has 0 aromatic heterocycles. The summed E-state index contributed by atoms with van der Waals surface area (Å²) in [7, 11) is 0. The van der Waals surface area contributed by atoms with Crippen molar-refractivity contribution in [2.24, 2.45) is 23.2 Å². The maximum absolute atomic E-state index is 12.1. The van der Waals surface area contributed by atoms with Crippen LogP contribution in [0.4, 0.5) is 0 Å². The highest BCUT2D eigenvalue weighted by Crippen LogP contribution is 2.63. The SMILES string of the molecule is C=CC(=O)N1CCCC1C12CC3CC(CC(C3)C1)C2. The number of hydrogen-bond donors (Lipinski definition) is 0. The monoisotopic (exact) mass is 259 g/mol. The molecular formula is C17H25NO. The second-order valence-electron chi connectivity index (χ2n) is 7.67. The van der Waals surface area contributed by atoms with Gasteiger partial charge in [0.1, 0.15) is 0 Å². The molecule has 5 rings (SSSR count). The highest BCUT2D eigenvalue weighted by atomic mass is 16.2. The van der Waals surface area contributed by atoms with Crippen LogP contribution in [0.25, 0.3) is 0 Å². The van der Waals surface area contributed by atoms with Crippen molar-refractivity contribution in [1.82, 2.24) is 4.90 Å². The molecule has 5 aliphatic rings. The normalized spacial score (nSPS) is 47.7. The van der Waals surface area contributed by atoms with E-state index in [0.29, 0.717) is 11.5 Å². The zero-order chi connectivity index (χ0) is 13.0. The fourth-order valence-corrected chi connectivity index (χ4v) is 6.37. The number of likely N-dealkylation sites (tertiary alicyclic amines) is 1. The van der Waals surface area contributed by atoms with Gasteiger partial charge < -0.3 is 4.90 Å². The molecular weight excluding hydrogens is 234 g/mol. The van der Waals surface area contributed by atoms with E-state index in [9.17, 15) is 4.79 Å². The van der Waals surface area contributed by atoms with E-state index in [1.54, 1.807) is 0 Å². The van der Waals surface area contributed by atoms with E-state index in [0.717, 1.165) is 24.3 Å². The van der Waals surface area contributed by atoms with E-state index in [4.69, 9.17) is 0 Å². The second-order valence-corrected chi connectivity index (χ2v) is 7.67. The molecule has 1 unspecified atom stereocenters. The van der Waals surface area contributed by atoms with Crippen molar-refractivity contribution in [3.05, 3.63) is 12.7 Å². The predicted molar refractivity (Wildman–Crippen MR) is 75.5 cm³/mol. The molecule has 4 bridgehead atoms. The first-order chi connectivity index (χ1) is 9.20. The third-order valence-electron chi connectivity index (χ3n) is 6.50. The van der Waals surface area contributed by atoms with E-state index in [2.05, 4.69) is 11.5 Å². The van der Waals surface area contributed by atoms with Crippen LogP contribution in [0.3, 0.4) is 0 Å². The third kappa shape index (κ3) is 1.71. The fraction of sp³-hybridized carbons (Fsp3) is 0.824. The van der Waals surface area contributed by atoms with Crippen LogP contribution in [0, 0.1) is 23.2 Å². The first-order valence-corrected chi connectivity index (χ1v) is 8.13. The number of rotatable bonds is 2. The van der Waals surface area contributed by atoms with Gasteiger partial charge >= 0.3 is 0 Å². The maximum atomic E-state index is 12.1. The summed E-state index contributed by atoms with van der Waals surface area (Å²) in [6, 6.07) is 0.534. The molecule has 0 aromatic carbocycles. The van der Waals surface area contributed by atoms with E-state index in [-0.39, 0.29) is 5.91 Å². The van der Waals surface area contributed by atoms with Gasteiger partial charge in [0.05, 0.1) is 0 Å². The summed E-state index contributed by atoms with van der Waals surface area (Å²) < 4.78 is 0. The van der Waals surface area contributed by atoms with Crippen molar-refractivity contribution in [3.63, 3.8) is 0 Å². The molecule has 1 atom stereocenters. The molecule has 5 fully saturated rings. The van der Waals surface area contributed by atoms with Crippen LogP contribution in [0.15, 0.2) is 12.7 Å². The Hall–Kier alpha value is -0.790. The van der Waals surface area contributed by atoms with Crippen molar-refractivity contribution in [2.75, 3.05) is 6.54 Å². The lowest BCUT2D eigenvalue weighted by molar-refractivity contribution is -0.137. The van der Waals surface area contributed by atoms with Crippen LogP contribution in [-0.4, -0.2) is 23.4 Å². The standard InChI is InChI=1S/C17H25NO/c1-2-16(19)18-5-3-4-15(18)17-9-12-6-13(10-17)8-14(7-12)11-17/h2,12-15H,1,3-11H2. The summed E-state index contributed by atoms with van der Waals surface area (Å²) in [5, 5.41) is 0. The summed E-state index contributed by atoms with van der Waals surface area (Å²) in [5.41, 5.74) is 0.490. The average Bonchev–Trinajstić information content (AvgIpc) is 2.86. The van der Waals surface area contributed by atoms with Gasteiger partial charge in [-0.15, -0.1) is 0 Å². The highest BCUT2D eigenvalue weighted by molar-refractivity contribution is 5.87. The zero-order valence-electron chi connectivity index (χ0n) is 11.8. The minimum absolute atomic E-state index is 0.179. The lowest BCUT2D eigenvalue weighted by Crippen LogP contribution is -2.56. The smallest absolute Gasteiger partial charge is 0.246 e. The number of amides is 1. The van der Waals surface area contributed by atoms with Gasteiger partial charge in [-0.2, -0.15) is 0 Å². The van der Waals surface area contributed by atoms with Gasteiger partial charge in [-0.25, -0.2) is 0 Å². The van der Waals surface area contributed by atoms with Gasteiger partial charge in [-0.05, 0) is 80.6 Å². The molecule has 1 heterocycles. The molecule has 2 heteroatoms. The fourth-order valence-electron chi connectivity index (χ4n) is 6.37. The topological polar surface area (TPSA) is 20.3 Å². The molecule has 104 valence electrons. The summed E-state index contributed by atoms with van der Waals surface area (Å²) in [6.45, 7) is 4.66. The molecule has 4 aliphatic carbocycles. The Morgan fingerprint density at radius 1 is 1.11 bits per heavy atom. The Labute approximate surface area is 116 Å². The molecule has 1 saturated heterocycles. The van der Waals surface area contributed by atoms with E-state index >= 15 is 0 Å². The van der Waals surface area contributed by atoms with Crippen LogP contribution >= 0.6 is 0 Å². The first-order valence-electron chi connectivity index (χ1n) is 8.13. The minimum atomic E-state index is 0.179. The summed E-state index contributed by atoms with van der Waals surface area (Å²) in [6.07, 6.45) is 12.7. The maximum Gasteiger partial charge on any atom is 0.246 e. The van der Waals surface area contributed by atoms with E-state index in [1.165, 1.54) is 57.4 Å². The molecule has 19 heavy (non-hydrogen) atoms. The highest BCUT2D eigenvalue weighted by Gasteiger charge is 2.56. The molecule has 0 N–H and O–H groups in total. The van der Waals surface area contributed by atoms with Crippen molar-refractivity contribution < 1.29 is 4.79 Å². The van der Waals surface area contributed by atoms with Gasteiger partial charge in [-0.3, -0.25) is 4.79 Å². The Kier molecular flexibility index (Phi) is 2.59. The lowest BCUT2D eigenvalue weighted by atomic mass is 9.47. The molecule has 4 saturated carbocycles. The second kappa shape index (κ2) is 4.10. The molecule has 1 amide bonds. The van der Waals surface area contributed by atoms with Crippen LogP contribution in [0.2, 0.25) is 0 Å².